The quantitative estimate of drug-likeness (QED) is 0.526. The maximum atomic E-state index is 5.50. The molecule has 0 spiro atoms. The zero-order valence-corrected chi connectivity index (χ0v) is 5.39. The van der Waals surface area contributed by atoms with Crippen molar-refractivity contribution in [1.82, 2.24) is 9.55 Å². The third kappa shape index (κ3) is 0.842. The second-order valence-electron chi connectivity index (χ2n) is 1.62. The second kappa shape index (κ2) is 2.18. The van der Waals surface area contributed by atoms with E-state index in [1.54, 1.807) is 12.5 Å². The van der Waals surface area contributed by atoms with Crippen molar-refractivity contribution in [2.24, 2.45) is 0 Å². The summed E-state index contributed by atoms with van der Waals surface area (Å²) in [5, 5.41) is 0. The molecule has 0 radical (unpaired) electrons. The molecule has 0 N–H and O–H groups in total. The van der Waals surface area contributed by atoms with Crippen molar-refractivity contribution in [3.8, 4) is 0 Å². The van der Waals surface area contributed by atoms with Gasteiger partial charge in [-0.05, 0) is 6.92 Å². The Morgan fingerprint density at radius 1 is 1.88 bits per heavy atom. The average Bonchev–Trinajstić information content (AvgIpc) is 2.14. The molecule has 0 atom stereocenters. The van der Waals surface area contributed by atoms with Crippen molar-refractivity contribution in [3.05, 3.63) is 18.2 Å². The molecule has 0 unspecified atom stereocenters. The van der Waals surface area contributed by atoms with Gasteiger partial charge in [-0.3, -0.25) is 0 Å². The molecular weight excluding hydrogens is 124 g/mol. The van der Waals surface area contributed by atoms with Gasteiger partial charge in [0.15, 0.2) is 0 Å². The predicted octanol–water partition coefficient (Wildman–Crippen LogP) is 1.39. The van der Waals surface area contributed by atoms with Crippen molar-refractivity contribution in [1.29, 1.82) is 0 Å². The second-order valence-corrected chi connectivity index (χ2v) is 1.86. The average molecular weight is 131 g/mol. The van der Waals surface area contributed by atoms with E-state index < -0.39 is 0 Å². The Bertz CT molecular complexity index is 171. The molecule has 0 amide bonds. The van der Waals surface area contributed by atoms with Crippen LogP contribution in [0.15, 0.2) is 12.5 Å². The van der Waals surface area contributed by atoms with E-state index >= 15 is 0 Å². The number of imidazole rings is 1. The van der Waals surface area contributed by atoms with Gasteiger partial charge in [0, 0.05) is 11.9 Å². The Balaban J connectivity index is 2.92. The zero-order chi connectivity index (χ0) is 5.98. The number of alkyl halides is 1. The van der Waals surface area contributed by atoms with Crippen molar-refractivity contribution in [3.63, 3.8) is 0 Å². The van der Waals surface area contributed by atoms with Crippen molar-refractivity contribution in [2.75, 3.05) is 0 Å². The van der Waals surface area contributed by atoms with Crippen molar-refractivity contribution in [2.45, 2.75) is 12.9 Å². The molecule has 0 saturated carbocycles. The monoisotopic (exact) mass is 130 g/mol. The van der Waals surface area contributed by atoms with Crippen LogP contribution >= 0.6 is 11.6 Å². The Labute approximate surface area is 53.1 Å². The molecule has 0 aromatic carbocycles. The fourth-order valence-corrected chi connectivity index (χ4v) is 0.762. The van der Waals surface area contributed by atoms with Gasteiger partial charge in [-0.25, -0.2) is 4.98 Å². The van der Waals surface area contributed by atoms with Crippen LogP contribution in [0.25, 0.3) is 0 Å². The highest BCUT2D eigenvalue weighted by Gasteiger charge is 1.89. The van der Waals surface area contributed by atoms with E-state index in [1.807, 2.05) is 11.5 Å². The van der Waals surface area contributed by atoms with Gasteiger partial charge in [-0.2, -0.15) is 0 Å². The molecule has 0 aliphatic heterocycles. The van der Waals surface area contributed by atoms with Crippen molar-refractivity contribution < 1.29 is 0 Å². The molecule has 0 fully saturated rings. The Morgan fingerprint density at radius 2 is 2.62 bits per heavy atom. The third-order valence-electron chi connectivity index (χ3n) is 1.05. The minimum absolute atomic E-state index is 0.492. The minimum atomic E-state index is 0.492. The highest BCUT2D eigenvalue weighted by Crippen LogP contribution is 1.96. The van der Waals surface area contributed by atoms with Crippen LogP contribution in [0.4, 0.5) is 0 Å². The lowest BCUT2D eigenvalue weighted by Gasteiger charge is -1.93. The lowest BCUT2D eigenvalue weighted by atomic mass is 10.5. The smallest absolute Gasteiger partial charge is 0.0983 e. The fraction of sp³-hybridized carbons (Fsp3) is 0.400. The van der Waals surface area contributed by atoms with Gasteiger partial charge in [0.25, 0.3) is 0 Å². The van der Waals surface area contributed by atoms with E-state index in [9.17, 15) is 0 Å². The SMILES string of the molecule is Cc1cncn1CCl. The van der Waals surface area contributed by atoms with Crippen LogP contribution in [0, 0.1) is 6.92 Å². The molecule has 1 aromatic heterocycles. The Hall–Kier alpha value is -0.500. The first-order chi connectivity index (χ1) is 3.84. The zero-order valence-electron chi connectivity index (χ0n) is 4.63. The van der Waals surface area contributed by atoms with Gasteiger partial charge >= 0.3 is 0 Å². The van der Waals surface area contributed by atoms with Crippen molar-refractivity contribution >= 4 is 11.6 Å². The standard InChI is InChI=1S/C5H7ClN2/c1-5-2-7-4-8(5)3-6/h2,4H,3H2,1H3. The molecule has 3 heteroatoms. The van der Waals surface area contributed by atoms with Crippen LogP contribution in [0.3, 0.4) is 0 Å². The van der Waals surface area contributed by atoms with Crippen LogP contribution in [0.5, 0.6) is 0 Å². The van der Waals surface area contributed by atoms with Gasteiger partial charge in [0.1, 0.15) is 0 Å². The fourth-order valence-electron chi connectivity index (χ4n) is 0.512. The van der Waals surface area contributed by atoms with E-state index in [-0.39, 0.29) is 0 Å². The molecule has 2 nitrogen and oxygen atoms in total. The molecule has 0 aliphatic carbocycles. The van der Waals surface area contributed by atoms with Crippen LogP contribution in [-0.4, -0.2) is 9.55 Å². The third-order valence-corrected chi connectivity index (χ3v) is 1.31. The molecule has 0 saturated heterocycles. The number of aromatic nitrogens is 2. The highest BCUT2D eigenvalue weighted by molar-refractivity contribution is 6.15. The van der Waals surface area contributed by atoms with Gasteiger partial charge in [0.05, 0.1) is 12.3 Å². The van der Waals surface area contributed by atoms with E-state index in [1.165, 1.54) is 0 Å². The summed E-state index contributed by atoms with van der Waals surface area (Å²) in [4.78, 5) is 3.87. The Morgan fingerprint density at radius 3 is 2.88 bits per heavy atom. The number of aryl methyl sites for hydroxylation is 1. The number of hydrogen-bond acceptors (Lipinski definition) is 1. The molecule has 0 aliphatic rings. The molecule has 1 heterocycles. The van der Waals surface area contributed by atoms with E-state index in [2.05, 4.69) is 4.98 Å². The summed E-state index contributed by atoms with van der Waals surface area (Å²) < 4.78 is 1.86. The first-order valence-corrected chi connectivity index (χ1v) is 2.90. The van der Waals surface area contributed by atoms with Crippen LogP contribution in [0.1, 0.15) is 5.69 Å². The summed E-state index contributed by atoms with van der Waals surface area (Å²) >= 11 is 5.50. The molecule has 1 rings (SSSR count). The van der Waals surface area contributed by atoms with Gasteiger partial charge in [-0.15, -0.1) is 11.6 Å². The van der Waals surface area contributed by atoms with Gasteiger partial charge < -0.3 is 4.57 Å². The number of rotatable bonds is 1. The maximum absolute atomic E-state index is 5.50. The lowest BCUT2D eigenvalue weighted by molar-refractivity contribution is 0.844. The van der Waals surface area contributed by atoms with E-state index in [0.717, 1.165) is 5.69 Å². The summed E-state index contributed by atoms with van der Waals surface area (Å²) in [5.41, 5.74) is 1.10. The highest BCUT2D eigenvalue weighted by atomic mass is 35.5. The summed E-state index contributed by atoms with van der Waals surface area (Å²) in [6, 6.07) is 0.492. The summed E-state index contributed by atoms with van der Waals surface area (Å²) in [6.07, 6.45) is 3.49. The normalized spacial score (nSPS) is 9.75. The van der Waals surface area contributed by atoms with Gasteiger partial charge in [-0.1, -0.05) is 0 Å². The molecule has 1 aromatic rings. The first-order valence-electron chi connectivity index (χ1n) is 2.37. The van der Waals surface area contributed by atoms with Crippen LogP contribution in [-0.2, 0) is 6.00 Å². The molecule has 0 bridgehead atoms. The Kier molecular flexibility index (Phi) is 1.53. The van der Waals surface area contributed by atoms with Gasteiger partial charge in [0.2, 0.25) is 0 Å². The predicted molar refractivity (Wildman–Crippen MR) is 32.8 cm³/mol. The summed E-state index contributed by atoms with van der Waals surface area (Å²) in [5.74, 6) is 0. The largest absolute Gasteiger partial charge is 0.321 e. The first kappa shape index (κ1) is 5.63. The topological polar surface area (TPSA) is 17.8 Å². The molecule has 44 valence electrons. The van der Waals surface area contributed by atoms with Crippen LogP contribution < -0.4 is 0 Å². The lowest BCUT2D eigenvalue weighted by Crippen LogP contribution is -1.90. The number of hydrogen-bond donors (Lipinski definition) is 0. The molecular formula is C5H7ClN2. The molecule has 8 heavy (non-hydrogen) atoms. The van der Waals surface area contributed by atoms with Crippen LogP contribution in [0.2, 0.25) is 0 Å². The summed E-state index contributed by atoms with van der Waals surface area (Å²) in [6.45, 7) is 1.97. The summed E-state index contributed by atoms with van der Waals surface area (Å²) in [7, 11) is 0. The van der Waals surface area contributed by atoms with E-state index in [4.69, 9.17) is 11.6 Å². The van der Waals surface area contributed by atoms with E-state index in [0.29, 0.717) is 6.00 Å². The number of nitrogens with zero attached hydrogens (tertiary/aromatic N) is 2. The minimum Gasteiger partial charge on any atom is -0.321 e. The number of halogens is 1. The maximum Gasteiger partial charge on any atom is 0.0983 e.